The smallest absolute Gasteiger partial charge is 0.123 e. The molecule has 2 rings (SSSR count). The second-order valence-corrected chi connectivity index (χ2v) is 5.48. The summed E-state index contributed by atoms with van der Waals surface area (Å²) >= 11 is 5.14. The van der Waals surface area contributed by atoms with Crippen LogP contribution >= 0.6 is 27.3 Å². The highest BCUT2D eigenvalue weighted by Gasteiger charge is 2.04. The minimum Gasteiger partial charge on any atom is -0.369 e. The van der Waals surface area contributed by atoms with Crippen LogP contribution in [0.15, 0.2) is 40.2 Å². The van der Waals surface area contributed by atoms with Gasteiger partial charge in [-0.3, -0.25) is 0 Å². The van der Waals surface area contributed by atoms with Crippen LogP contribution in [0.4, 0.5) is 10.1 Å². The first-order valence-electron chi connectivity index (χ1n) is 4.85. The van der Waals surface area contributed by atoms with Gasteiger partial charge in [-0.15, -0.1) is 11.3 Å². The van der Waals surface area contributed by atoms with Gasteiger partial charge in [-0.2, -0.15) is 0 Å². The molecule has 84 valence electrons. The summed E-state index contributed by atoms with van der Waals surface area (Å²) in [6.07, 6.45) is 0. The van der Waals surface area contributed by atoms with Crippen LogP contribution in [0.5, 0.6) is 0 Å². The van der Waals surface area contributed by atoms with Gasteiger partial charge in [-0.25, -0.2) is 4.39 Å². The van der Waals surface area contributed by atoms with Crippen molar-refractivity contribution in [2.75, 3.05) is 11.9 Å². The van der Waals surface area contributed by atoms with E-state index in [1.54, 1.807) is 23.5 Å². The molecular formula is C12H11BrFNS. The molecule has 0 spiro atoms. The Morgan fingerprint density at radius 1 is 1.31 bits per heavy atom. The van der Waals surface area contributed by atoms with E-state index in [4.69, 9.17) is 0 Å². The number of thiophene rings is 1. The van der Waals surface area contributed by atoms with Gasteiger partial charge < -0.3 is 4.90 Å². The van der Waals surface area contributed by atoms with E-state index in [2.05, 4.69) is 32.3 Å². The van der Waals surface area contributed by atoms with Gasteiger partial charge in [0.2, 0.25) is 0 Å². The molecule has 0 aliphatic rings. The first-order chi connectivity index (χ1) is 7.65. The minimum absolute atomic E-state index is 0.198. The van der Waals surface area contributed by atoms with E-state index >= 15 is 0 Å². The zero-order valence-electron chi connectivity index (χ0n) is 8.78. The molecule has 0 N–H and O–H groups in total. The normalized spacial score (nSPS) is 10.4. The monoisotopic (exact) mass is 299 g/mol. The number of benzene rings is 1. The van der Waals surface area contributed by atoms with Crippen LogP contribution in [0.25, 0.3) is 0 Å². The maximum Gasteiger partial charge on any atom is 0.123 e. The first kappa shape index (κ1) is 11.6. The van der Waals surface area contributed by atoms with Gasteiger partial charge in [-0.1, -0.05) is 0 Å². The Labute approximate surface area is 107 Å². The van der Waals surface area contributed by atoms with Crippen molar-refractivity contribution in [3.63, 3.8) is 0 Å². The molecule has 0 radical (unpaired) electrons. The Morgan fingerprint density at radius 3 is 2.56 bits per heavy atom. The van der Waals surface area contributed by atoms with E-state index in [0.29, 0.717) is 0 Å². The Morgan fingerprint density at radius 2 is 2.00 bits per heavy atom. The highest BCUT2D eigenvalue weighted by molar-refractivity contribution is 9.10. The summed E-state index contributed by atoms with van der Waals surface area (Å²) in [7, 11) is 2.00. The van der Waals surface area contributed by atoms with Gasteiger partial charge in [0.15, 0.2) is 0 Å². The van der Waals surface area contributed by atoms with E-state index in [1.165, 1.54) is 17.0 Å². The average Bonchev–Trinajstić information content (AvgIpc) is 2.65. The fourth-order valence-corrected chi connectivity index (χ4v) is 2.96. The molecule has 0 amide bonds. The van der Waals surface area contributed by atoms with Crippen molar-refractivity contribution in [2.24, 2.45) is 0 Å². The predicted molar refractivity (Wildman–Crippen MR) is 70.5 cm³/mol. The molecule has 0 saturated carbocycles. The summed E-state index contributed by atoms with van der Waals surface area (Å²) in [5, 5.41) is 2.06. The minimum atomic E-state index is -0.198. The molecule has 0 saturated heterocycles. The molecule has 0 atom stereocenters. The van der Waals surface area contributed by atoms with Crippen LogP contribution in [0.2, 0.25) is 0 Å². The zero-order valence-corrected chi connectivity index (χ0v) is 11.2. The largest absolute Gasteiger partial charge is 0.369 e. The van der Waals surface area contributed by atoms with E-state index in [9.17, 15) is 4.39 Å². The van der Waals surface area contributed by atoms with Crippen molar-refractivity contribution in [3.05, 3.63) is 50.9 Å². The lowest BCUT2D eigenvalue weighted by Gasteiger charge is -2.18. The summed E-state index contributed by atoms with van der Waals surface area (Å²) in [6.45, 7) is 0.835. The highest BCUT2D eigenvalue weighted by Crippen LogP contribution is 2.23. The summed E-state index contributed by atoms with van der Waals surface area (Å²) in [5.41, 5.74) is 1.02. The van der Waals surface area contributed by atoms with Crippen molar-refractivity contribution >= 4 is 33.0 Å². The molecular weight excluding hydrogens is 289 g/mol. The molecule has 0 aliphatic carbocycles. The van der Waals surface area contributed by atoms with Crippen molar-refractivity contribution in [3.8, 4) is 0 Å². The zero-order chi connectivity index (χ0) is 11.5. The van der Waals surface area contributed by atoms with Crippen LogP contribution in [-0.2, 0) is 6.54 Å². The molecule has 1 nitrogen and oxygen atoms in total. The topological polar surface area (TPSA) is 3.24 Å². The van der Waals surface area contributed by atoms with Crippen molar-refractivity contribution in [1.29, 1.82) is 0 Å². The molecule has 0 fully saturated rings. The average molecular weight is 300 g/mol. The molecule has 0 bridgehead atoms. The van der Waals surface area contributed by atoms with Gasteiger partial charge in [0.25, 0.3) is 0 Å². The van der Waals surface area contributed by atoms with Gasteiger partial charge in [-0.05, 0) is 46.3 Å². The molecule has 1 heterocycles. The highest BCUT2D eigenvalue weighted by atomic mass is 79.9. The molecule has 0 unspecified atom stereocenters. The fraction of sp³-hybridized carbons (Fsp3) is 0.167. The molecule has 1 aromatic heterocycles. The standard InChI is InChI=1S/C12H11BrFNS/c1-15(7-12-6-9(13)8-16-12)11-4-2-10(14)3-5-11/h2-6,8H,7H2,1H3. The summed E-state index contributed by atoms with van der Waals surface area (Å²) < 4.78 is 13.9. The summed E-state index contributed by atoms with van der Waals surface area (Å²) in [6, 6.07) is 8.65. The Bertz CT molecular complexity index is 466. The molecule has 4 heteroatoms. The fourth-order valence-electron chi connectivity index (χ4n) is 1.46. The van der Waals surface area contributed by atoms with E-state index in [-0.39, 0.29) is 5.82 Å². The van der Waals surface area contributed by atoms with E-state index in [1.807, 2.05) is 7.05 Å². The Kier molecular flexibility index (Phi) is 3.61. The quantitative estimate of drug-likeness (QED) is 0.817. The van der Waals surface area contributed by atoms with Crippen molar-refractivity contribution < 1.29 is 4.39 Å². The van der Waals surface area contributed by atoms with Gasteiger partial charge in [0.1, 0.15) is 5.82 Å². The SMILES string of the molecule is CN(Cc1cc(Br)cs1)c1ccc(F)cc1. The summed E-state index contributed by atoms with van der Waals surface area (Å²) in [5.74, 6) is -0.198. The third-order valence-corrected chi connectivity index (χ3v) is 3.96. The Balaban J connectivity index is 2.08. The number of halogens is 2. The van der Waals surface area contributed by atoms with Crippen LogP contribution in [0, 0.1) is 5.82 Å². The van der Waals surface area contributed by atoms with E-state index < -0.39 is 0 Å². The molecule has 16 heavy (non-hydrogen) atoms. The molecule has 2 aromatic rings. The third kappa shape index (κ3) is 2.83. The van der Waals surface area contributed by atoms with E-state index in [0.717, 1.165) is 16.7 Å². The second-order valence-electron chi connectivity index (χ2n) is 3.56. The number of rotatable bonds is 3. The summed E-state index contributed by atoms with van der Waals surface area (Å²) in [4.78, 5) is 3.37. The van der Waals surface area contributed by atoms with Gasteiger partial charge in [0.05, 0.1) is 6.54 Å². The van der Waals surface area contributed by atoms with Crippen molar-refractivity contribution in [1.82, 2.24) is 0 Å². The van der Waals surface area contributed by atoms with Gasteiger partial charge >= 0.3 is 0 Å². The first-order valence-corrected chi connectivity index (χ1v) is 6.52. The maximum atomic E-state index is 12.8. The van der Waals surface area contributed by atoms with Crippen molar-refractivity contribution in [2.45, 2.75) is 6.54 Å². The maximum absolute atomic E-state index is 12.8. The lowest BCUT2D eigenvalue weighted by Crippen LogP contribution is -2.15. The number of hydrogen-bond acceptors (Lipinski definition) is 2. The lowest BCUT2D eigenvalue weighted by atomic mass is 10.3. The molecule has 1 aromatic carbocycles. The molecule has 0 aliphatic heterocycles. The van der Waals surface area contributed by atoms with Crippen LogP contribution < -0.4 is 4.90 Å². The predicted octanol–water partition coefficient (Wildman–Crippen LogP) is 4.29. The van der Waals surface area contributed by atoms with Crippen LogP contribution in [0.3, 0.4) is 0 Å². The number of hydrogen-bond donors (Lipinski definition) is 0. The lowest BCUT2D eigenvalue weighted by molar-refractivity contribution is 0.627. The third-order valence-electron chi connectivity index (χ3n) is 2.28. The van der Waals surface area contributed by atoms with Gasteiger partial charge in [0, 0.05) is 27.5 Å². The number of anilines is 1. The van der Waals surface area contributed by atoms with Crippen LogP contribution in [-0.4, -0.2) is 7.05 Å². The second kappa shape index (κ2) is 4.97. The Hall–Kier alpha value is -0.870. The number of nitrogens with zero attached hydrogens (tertiary/aromatic N) is 1. The van der Waals surface area contributed by atoms with Crippen LogP contribution in [0.1, 0.15) is 4.88 Å².